The highest BCUT2D eigenvalue weighted by atomic mass is 16.7. The smallest absolute Gasteiger partial charge is 0.322 e. The van der Waals surface area contributed by atoms with Crippen LogP contribution < -0.4 is 14.8 Å². The summed E-state index contributed by atoms with van der Waals surface area (Å²) < 4.78 is 10.6. The standard InChI is InChI=1S/C15H20N2O3/c1-2-12-5-3-4-8-17(12)15(18)16-11-6-7-13-14(9-11)20-10-19-13/h6-7,9,12H,2-5,8,10H2,1H3,(H,16,18). The molecule has 1 aromatic rings. The molecule has 0 saturated carbocycles. The van der Waals surface area contributed by atoms with Gasteiger partial charge in [-0.1, -0.05) is 6.92 Å². The Balaban J connectivity index is 1.69. The maximum absolute atomic E-state index is 12.4. The number of urea groups is 1. The summed E-state index contributed by atoms with van der Waals surface area (Å²) in [6.07, 6.45) is 4.41. The van der Waals surface area contributed by atoms with Crippen LogP contribution in [-0.2, 0) is 0 Å². The van der Waals surface area contributed by atoms with E-state index in [-0.39, 0.29) is 12.8 Å². The van der Waals surface area contributed by atoms with Crippen molar-refractivity contribution < 1.29 is 14.3 Å². The summed E-state index contributed by atoms with van der Waals surface area (Å²) in [6.45, 7) is 3.22. The molecule has 2 amide bonds. The minimum absolute atomic E-state index is 0.0181. The molecular weight excluding hydrogens is 256 g/mol. The number of hydrogen-bond acceptors (Lipinski definition) is 3. The van der Waals surface area contributed by atoms with Crippen LogP contribution in [-0.4, -0.2) is 30.3 Å². The fourth-order valence-electron chi connectivity index (χ4n) is 2.86. The monoisotopic (exact) mass is 276 g/mol. The fraction of sp³-hybridized carbons (Fsp3) is 0.533. The lowest BCUT2D eigenvalue weighted by atomic mass is 10.0. The second-order valence-corrected chi connectivity index (χ2v) is 5.25. The Kier molecular flexibility index (Phi) is 3.67. The molecule has 108 valence electrons. The average molecular weight is 276 g/mol. The van der Waals surface area contributed by atoms with E-state index >= 15 is 0 Å². The number of piperidine rings is 1. The van der Waals surface area contributed by atoms with Crippen molar-refractivity contribution >= 4 is 11.7 Å². The highest BCUT2D eigenvalue weighted by Gasteiger charge is 2.25. The first-order chi connectivity index (χ1) is 9.78. The minimum Gasteiger partial charge on any atom is -0.454 e. The third-order valence-corrected chi connectivity index (χ3v) is 3.98. The van der Waals surface area contributed by atoms with Gasteiger partial charge in [-0.25, -0.2) is 4.79 Å². The van der Waals surface area contributed by atoms with E-state index in [4.69, 9.17) is 9.47 Å². The molecule has 1 unspecified atom stereocenters. The Morgan fingerprint density at radius 1 is 1.35 bits per heavy atom. The topological polar surface area (TPSA) is 50.8 Å². The molecule has 0 bridgehead atoms. The Morgan fingerprint density at radius 3 is 3.05 bits per heavy atom. The summed E-state index contributed by atoms with van der Waals surface area (Å²) in [6, 6.07) is 5.82. The third kappa shape index (κ3) is 2.53. The van der Waals surface area contributed by atoms with E-state index in [0.717, 1.165) is 37.2 Å². The first kappa shape index (κ1) is 13.1. The number of benzene rings is 1. The van der Waals surface area contributed by atoms with E-state index < -0.39 is 0 Å². The molecule has 0 radical (unpaired) electrons. The van der Waals surface area contributed by atoms with Crippen molar-refractivity contribution in [3.8, 4) is 11.5 Å². The third-order valence-electron chi connectivity index (χ3n) is 3.98. The van der Waals surface area contributed by atoms with Crippen LogP contribution in [0.15, 0.2) is 18.2 Å². The summed E-state index contributed by atoms with van der Waals surface area (Å²) in [5.41, 5.74) is 0.750. The van der Waals surface area contributed by atoms with Gasteiger partial charge in [-0.2, -0.15) is 0 Å². The number of rotatable bonds is 2. The lowest BCUT2D eigenvalue weighted by molar-refractivity contribution is 0.160. The molecule has 0 aromatic heterocycles. The van der Waals surface area contributed by atoms with E-state index in [1.54, 1.807) is 0 Å². The number of ether oxygens (including phenoxy) is 2. The zero-order chi connectivity index (χ0) is 13.9. The Bertz CT molecular complexity index is 504. The summed E-state index contributed by atoms with van der Waals surface area (Å²) in [4.78, 5) is 14.3. The molecule has 3 rings (SSSR count). The first-order valence-corrected chi connectivity index (χ1v) is 7.25. The molecule has 1 atom stereocenters. The lowest BCUT2D eigenvalue weighted by Crippen LogP contribution is -2.45. The number of amides is 2. The van der Waals surface area contributed by atoms with Crippen molar-refractivity contribution in [2.75, 3.05) is 18.7 Å². The van der Waals surface area contributed by atoms with Crippen LogP contribution in [0, 0.1) is 0 Å². The fourth-order valence-corrected chi connectivity index (χ4v) is 2.86. The Morgan fingerprint density at radius 2 is 2.20 bits per heavy atom. The summed E-state index contributed by atoms with van der Waals surface area (Å²) in [5.74, 6) is 1.42. The highest BCUT2D eigenvalue weighted by Crippen LogP contribution is 2.34. The normalized spacial score (nSPS) is 20.9. The highest BCUT2D eigenvalue weighted by molar-refractivity contribution is 5.90. The van der Waals surface area contributed by atoms with E-state index in [1.165, 1.54) is 6.42 Å². The van der Waals surface area contributed by atoms with Crippen LogP contribution >= 0.6 is 0 Å². The van der Waals surface area contributed by atoms with Gasteiger partial charge in [0.25, 0.3) is 0 Å². The van der Waals surface area contributed by atoms with Crippen molar-refractivity contribution in [1.82, 2.24) is 4.90 Å². The molecule has 5 heteroatoms. The molecule has 1 N–H and O–H groups in total. The van der Waals surface area contributed by atoms with Gasteiger partial charge in [0.15, 0.2) is 11.5 Å². The van der Waals surface area contributed by atoms with Gasteiger partial charge in [0.1, 0.15) is 0 Å². The number of carbonyl (C=O) groups excluding carboxylic acids is 1. The van der Waals surface area contributed by atoms with Gasteiger partial charge in [-0.05, 0) is 37.8 Å². The predicted molar refractivity (Wildman–Crippen MR) is 76.2 cm³/mol. The Labute approximate surface area is 118 Å². The van der Waals surface area contributed by atoms with Crippen molar-refractivity contribution in [2.24, 2.45) is 0 Å². The second kappa shape index (κ2) is 5.61. The van der Waals surface area contributed by atoms with Crippen molar-refractivity contribution in [3.05, 3.63) is 18.2 Å². The molecule has 0 spiro atoms. The molecule has 2 aliphatic heterocycles. The van der Waals surface area contributed by atoms with Gasteiger partial charge in [-0.3, -0.25) is 0 Å². The van der Waals surface area contributed by atoms with Gasteiger partial charge < -0.3 is 19.7 Å². The largest absolute Gasteiger partial charge is 0.454 e. The van der Waals surface area contributed by atoms with E-state index in [2.05, 4.69) is 12.2 Å². The number of anilines is 1. The second-order valence-electron chi connectivity index (χ2n) is 5.25. The van der Waals surface area contributed by atoms with E-state index in [0.29, 0.717) is 11.8 Å². The average Bonchev–Trinajstić information content (AvgIpc) is 2.94. The van der Waals surface area contributed by atoms with Crippen molar-refractivity contribution in [3.63, 3.8) is 0 Å². The van der Waals surface area contributed by atoms with Gasteiger partial charge in [0.2, 0.25) is 6.79 Å². The first-order valence-electron chi connectivity index (χ1n) is 7.25. The summed E-state index contributed by atoms with van der Waals surface area (Å²) in [5, 5.41) is 2.96. The number of nitrogens with zero attached hydrogens (tertiary/aromatic N) is 1. The zero-order valence-electron chi connectivity index (χ0n) is 11.7. The van der Waals surface area contributed by atoms with Crippen molar-refractivity contribution in [1.29, 1.82) is 0 Å². The minimum atomic E-state index is -0.0181. The Hall–Kier alpha value is -1.91. The van der Waals surface area contributed by atoms with Crippen LogP contribution in [0.4, 0.5) is 10.5 Å². The maximum atomic E-state index is 12.4. The molecule has 1 saturated heterocycles. The van der Waals surface area contributed by atoms with Gasteiger partial charge >= 0.3 is 6.03 Å². The molecule has 1 fully saturated rings. The summed E-state index contributed by atoms with van der Waals surface area (Å²) in [7, 11) is 0. The van der Waals surface area contributed by atoms with Gasteiger partial charge in [-0.15, -0.1) is 0 Å². The van der Waals surface area contributed by atoms with Gasteiger partial charge in [0.05, 0.1) is 0 Å². The lowest BCUT2D eigenvalue weighted by Gasteiger charge is -2.35. The van der Waals surface area contributed by atoms with E-state index in [9.17, 15) is 4.79 Å². The maximum Gasteiger partial charge on any atom is 0.322 e. The van der Waals surface area contributed by atoms with E-state index in [1.807, 2.05) is 23.1 Å². The van der Waals surface area contributed by atoms with Gasteiger partial charge in [0, 0.05) is 24.3 Å². The molecule has 0 aliphatic carbocycles. The molecule has 5 nitrogen and oxygen atoms in total. The zero-order valence-corrected chi connectivity index (χ0v) is 11.7. The quantitative estimate of drug-likeness (QED) is 0.902. The van der Waals surface area contributed by atoms with Crippen LogP contribution in [0.25, 0.3) is 0 Å². The molecule has 2 heterocycles. The number of hydrogen-bond donors (Lipinski definition) is 1. The summed E-state index contributed by atoms with van der Waals surface area (Å²) >= 11 is 0. The SMILES string of the molecule is CCC1CCCCN1C(=O)Nc1ccc2c(c1)OCO2. The van der Waals surface area contributed by atoms with Crippen LogP contribution in [0.5, 0.6) is 11.5 Å². The van der Waals surface area contributed by atoms with Crippen LogP contribution in [0.3, 0.4) is 0 Å². The molecule has 20 heavy (non-hydrogen) atoms. The number of likely N-dealkylation sites (tertiary alicyclic amines) is 1. The van der Waals surface area contributed by atoms with Crippen LogP contribution in [0.2, 0.25) is 0 Å². The van der Waals surface area contributed by atoms with Crippen LogP contribution in [0.1, 0.15) is 32.6 Å². The predicted octanol–water partition coefficient (Wildman–Crippen LogP) is 3.21. The van der Waals surface area contributed by atoms with Crippen molar-refractivity contribution in [2.45, 2.75) is 38.6 Å². The number of nitrogens with one attached hydrogen (secondary N) is 1. The molecule has 1 aromatic carbocycles. The molecular formula is C15H20N2O3. The molecule has 2 aliphatic rings. The number of carbonyl (C=O) groups is 1. The number of fused-ring (bicyclic) bond motifs is 1.